The van der Waals surface area contributed by atoms with E-state index >= 15 is 0 Å². The zero-order chi connectivity index (χ0) is 14.8. The van der Waals surface area contributed by atoms with Crippen LogP contribution in [0, 0.1) is 6.92 Å². The lowest BCUT2D eigenvalue weighted by Crippen LogP contribution is -2.30. The lowest BCUT2D eigenvalue weighted by Gasteiger charge is -2.15. The third kappa shape index (κ3) is 2.94. The van der Waals surface area contributed by atoms with Crippen LogP contribution in [0.4, 0.5) is 5.95 Å². The second kappa shape index (κ2) is 5.40. The Labute approximate surface area is 122 Å². The Kier molecular flexibility index (Phi) is 3.43. The van der Waals surface area contributed by atoms with E-state index in [0.29, 0.717) is 18.8 Å². The molecule has 2 N–H and O–H groups in total. The average molecular weight is 284 g/mol. The molecule has 21 heavy (non-hydrogen) atoms. The summed E-state index contributed by atoms with van der Waals surface area (Å²) in [6.07, 6.45) is 1.67. The highest BCUT2D eigenvalue weighted by Gasteiger charge is 2.25. The van der Waals surface area contributed by atoms with Gasteiger partial charge < -0.3 is 15.4 Å². The van der Waals surface area contributed by atoms with Crippen LogP contribution in [0.2, 0.25) is 0 Å². The van der Waals surface area contributed by atoms with E-state index in [0.717, 1.165) is 16.8 Å². The molecule has 1 aromatic carbocycles. The molecule has 0 unspecified atom stereocenters. The summed E-state index contributed by atoms with van der Waals surface area (Å²) in [6, 6.07) is 7.61. The number of hydrogen-bond donors (Lipinski definition) is 1. The van der Waals surface area contributed by atoms with Crippen molar-refractivity contribution in [2.75, 3.05) is 12.3 Å². The van der Waals surface area contributed by atoms with E-state index < -0.39 is 0 Å². The van der Waals surface area contributed by atoms with Crippen LogP contribution in [0.25, 0.3) is 0 Å². The Balaban J connectivity index is 1.59. The normalized spacial score (nSPS) is 13.1. The van der Waals surface area contributed by atoms with Crippen molar-refractivity contribution in [1.29, 1.82) is 0 Å². The number of hydrogen-bond acceptors (Lipinski definition) is 5. The molecule has 6 nitrogen and oxygen atoms in total. The number of ether oxygens (including phenoxy) is 1. The number of nitrogen functional groups attached to an aromatic ring is 1. The molecule has 2 aromatic rings. The Morgan fingerprint density at radius 1 is 1.33 bits per heavy atom. The van der Waals surface area contributed by atoms with Gasteiger partial charge in [-0.05, 0) is 19.1 Å². The molecule has 0 radical (unpaired) electrons. The number of fused-ring (bicyclic) bond motifs is 1. The van der Waals surface area contributed by atoms with Crippen LogP contribution in [0.15, 0.2) is 30.5 Å². The zero-order valence-electron chi connectivity index (χ0n) is 11.7. The predicted molar refractivity (Wildman–Crippen MR) is 77.4 cm³/mol. The van der Waals surface area contributed by atoms with Crippen LogP contribution >= 0.6 is 0 Å². The van der Waals surface area contributed by atoms with E-state index in [2.05, 4.69) is 9.97 Å². The van der Waals surface area contributed by atoms with Crippen LogP contribution in [0.1, 0.15) is 16.8 Å². The topological polar surface area (TPSA) is 81.3 Å². The minimum atomic E-state index is -0.0767. The Bertz CT molecular complexity index is 670. The molecule has 1 aromatic heterocycles. The Hall–Kier alpha value is -2.63. The summed E-state index contributed by atoms with van der Waals surface area (Å²) in [7, 11) is 0. The summed E-state index contributed by atoms with van der Waals surface area (Å²) in [4.78, 5) is 21.9. The first-order chi connectivity index (χ1) is 10.1. The summed E-state index contributed by atoms with van der Waals surface area (Å²) in [5, 5.41) is 0. The molecule has 2 heterocycles. The van der Waals surface area contributed by atoms with Gasteiger partial charge in [-0.15, -0.1) is 0 Å². The number of nitrogens with two attached hydrogens (primary N) is 1. The van der Waals surface area contributed by atoms with Crippen LogP contribution in [0.5, 0.6) is 5.75 Å². The van der Waals surface area contributed by atoms with Crippen molar-refractivity contribution in [3.63, 3.8) is 0 Å². The van der Waals surface area contributed by atoms with E-state index in [4.69, 9.17) is 10.5 Å². The molecule has 0 atom stereocenters. The molecule has 6 heteroatoms. The second-order valence-corrected chi connectivity index (χ2v) is 5.05. The number of rotatable bonds is 3. The van der Waals surface area contributed by atoms with Gasteiger partial charge in [0.1, 0.15) is 5.75 Å². The van der Waals surface area contributed by atoms with Gasteiger partial charge in [-0.3, -0.25) is 4.79 Å². The highest BCUT2D eigenvalue weighted by molar-refractivity contribution is 5.78. The second-order valence-electron chi connectivity index (χ2n) is 5.05. The van der Waals surface area contributed by atoms with Gasteiger partial charge in [0.15, 0.2) is 6.61 Å². The number of carbonyl (C=O) groups is 1. The Morgan fingerprint density at radius 3 is 2.86 bits per heavy atom. The lowest BCUT2D eigenvalue weighted by molar-refractivity contribution is -0.134. The van der Waals surface area contributed by atoms with Crippen molar-refractivity contribution in [2.45, 2.75) is 20.0 Å². The van der Waals surface area contributed by atoms with E-state index in [1.165, 1.54) is 0 Å². The SMILES string of the molecule is Cc1ccc(OCC(=O)N2Cc3cnc(N)nc3C2)cc1. The largest absolute Gasteiger partial charge is 0.484 e. The van der Waals surface area contributed by atoms with Gasteiger partial charge in [0.2, 0.25) is 5.95 Å². The summed E-state index contributed by atoms with van der Waals surface area (Å²) in [5.74, 6) is 0.848. The molecular weight excluding hydrogens is 268 g/mol. The van der Waals surface area contributed by atoms with Crippen molar-refractivity contribution in [3.05, 3.63) is 47.3 Å². The maximum atomic E-state index is 12.2. The molecule has 0 spiro atoms. The molecule has 3 rings (SSSR count). The van der Waals surface area contributed by atoms with Gasteiger partial charge in [0, 0.05) is 18.3 Å². The molecule has 0 bridgehead atoms. The zero-order valence-corrected chi connectivity index (χ0v) is 11.7. The van der Waals surface area contributed by atoms with Gasteiger partial charge in [-0.25, -0.2) is 9.97 Å². The van der Waals surface area contributed by atoms with Gasteiger partial charge in [0.25, 0.3) is 5.91 Å². The standard InChI is InChI=1S/C15H16N4O2/c1-10-2-4-12(5-3-10)21-9-14(20)19-7-11-6-17-15(16)18-13(11)8-19/h2-6H,7-9H2,1H3,(H2,16,17,18). The van der Waals surface area contributed by atoms with E-state index in [9.17, 15) is 4.79 Å². The van der Waals surface area contributed by atoms with Gasteiger partial charge >= 0.3 is 0 Å². The van der Waals surface area contributed by atoms with E-state index in [1.54, 1.807) is 11.1 Å². The molecule has 1 aliphatic rings. The molecule has 1 amide bonds. The molecule has 1 aliphatic heterocycles. The number of nitrogens with zero attached hydrogens (tertiary/aromatic N) is 3. The molecule has 0 aliphatic carbocycles. The summed E-state index contributed by atoms with van der Waals surface area (Å²) in [6.45, 7) is 2.98. The monoisotopic (exact) mass is 284 g/mol. The number of anilines is 1. The number of amides is 1. The molecule has 0 saturated carbocycles. The highest BCUT2D eigenvalue weighted by Crippen LogP contribution is 2.21. The number of aromatic nitrogens is 2. The Morgan fingerprint density at radius 2 is 2.10 bits per heavy atom. The molecule has 0 fully saturated rings. The first-order valence-corrected chi connectivity index (χ1v) is 6.69. The number of aryl methyl sites for hydroxylation is 1. The number of benzene rings is 1. The van der Waals surface area contributed by atoms with Crippen molar-refractivity contribution >= 4 is 11.9 Å². The molecule has 108 valence electrons. The van der Waals surface area contributed by atoms with Gasteiger partial charge in [-0.2, -0.15) is 0 Å². The van der Waals surface area contributed by atoms with Crippen molar-refractivity contribution in [1.82, 2.24) is 14.9 Å². The fourth-order valence-corrected chi connectivity index (χ4v) is 2.22. The summed E-state index contributed by atoms with van der Waals surface area (Å²) < 4.78 is 5.51. The minimum Gasteiger partial charge on any atom is -0.484 e. The summed E-state index contributed by atoms with van der Waals surface area (Å²) in [5.41, 5.74) is 8.45. The third-order valence-electron chi connectivity index (χ3n) is 3.41. The lowest BCUT2D eigenvalue weighted by atomic mass is 10.2. The fraction of sp³-hybridized carbons (Fsp3) is 0.267. The van der Waals surface area contributed by atoms with Crippen LogP contribution < -0.4 is 10.5 Å². The minimum absolute atomic E-state index is 0.0138. The quantitative estimate of drug-likeness (QED) is 0.918. The maximum Gasteiger partial charge on any atom is 0.261 e. The van der Waals surface area contributed by atoms with Crippen LogP contribution in [-0.4, -0.2) is 27.4 Å². The molecule has 0 saturated heterocycles. The first-order valence-electron chi connectivity index (χ1n) is 6.69. The van der Waals surface area contributed by atoms with Crippen LogP contribution in [0.3, 0.4) is 0 Å². The van der Waals surface area contributed by atoms with Crippen LogP contribution in [-0.2, 0) is 17.9 Å². The highest BCUT2D eigenvalue weighted by atomic mass is 16.5. The molecular formula is C15H16N4O2. The predicted octanol–water partition coefficient (Wildman–Crippen LogP) is 1.29. The van der Waals surface area contributed by atoms with E-state index in [-0.39, 0.29) is 18.5 Å². The summed E-state index contributed by atoms with van der Waals surface area (Å²) >= 11 is 0. The van der Waals surface area contributed by atoms with Crippen molar-refractivity contribution in [3.8, 4) is 5.75 Å². The smallest absolute Gasteiger partial charge is 0.261 e. The fourth-order valence-electron chi connectivity index (χ4n) is 2.22. The number of carbonyl (C=O) groups excluding carboxylic acids is 1. The first kappa shape index (κ1) is 13.4. The maximum absolute atomic E-state index is 12.2. The third-order valence-corrected chi connectivity index (χ3v) is 3.41. The van der Waals surface area contributed by atoms with Gasteiger partial charge in [-0.1, -0.05) is 17.7 Å². The average Bonchev–Trinajstić information content (AvgIpc) is 2.89. The van der Waals surface area contributed by atoms with E-state index in [1.807, 2.05) is 31.2 Å². The van der Waals surface area contributed by atoms with Crippen molar-refractivity contribution in [2.24, 2.45) is 0 Å². The van der Waals surface area contributed by atoms with Gasteiger partial charge in [0.05, 0.1) is 12.2 Å². The van der Waals surface area contributed by atoms with Crippen molar-refractivity contribution < 1.29 is 9.53 Å².